The zero-order valence-electron chi connectivity index (χ0n) is 17.2. The lowest BCUT2D eigenvalue weighted by atomic mass is 10.3. The van der Waals surface area contributed by atoms with Crippen LogP contribution in [0.5, 0.6) is 0 Å². The van der Waals surface area contributed by atoms with Crippen LogP contribution < -0.4 is 0 Å². The molecule has 0 saturated heterocycles. The summed E-state index contributed by atoms with van der Waals surface area (Å²) in [6, 6.07) is 7.28. The van der Waals surface area contributed by atoms with Gasteiger partial charge in [-0.25, -0.2) is 4.98 Å². The molecule has 0 aliphatic carbocycles. The van der Waals surface area contributed by atoms with E-state index in [1.807, 2.05) is 39.8 Å². The van der Waals surface area contributed by atoms with Crippen molar-refractivity contribution in [1.82, 2.24) is 4.98 Å². The van der Waals surface area contributed by atoms with Gasteiger partial charge in [0.2, 0.25) is 0 Å². The van der Waals surface area contributed by atoms with Crippen LogP contribution in [0.15, 0.2) is 28.7 Å². The van der Waals surface area contributed by atoms with Crippen LogP contribution in [0.3, 0.4) is 0 Å². The van der Waals surface area contributed by atoms with Crippen molar-refractivity contribution < 1.29 is 18.8 Å². The smallest absolute Gasteiger partial charge is 0.194 e. The molecule has 0 fully saturated rings. The average Bonchev–Trinajstić information content (AvgIpc) is 3.29. The first-order valence-electron chi connectivity index (χ1n) is 8.61. The topological polar surface area (TPSA) is 77.2 Å². The first-order valence-corrected chi connectivity index (χ1v) is 10.2. The van der Waals surface area contributed by atoms with Crippen molar-refractivity contribution in [3.63, 3.8) is 0 Å². The van der Waals surface area contributed by atoms with Crippen molar-refractivity contribution in [2.45, 2.75) is 48.5 Å². The molecule has 0 aliphatic rings. The molecule has 3 rings (SSSR count). The highest BCUT2D eigenvalue weighted by atomic mass is 32.1. The zero-order valence-corrected chi connectivity index (χ0v) is 18.8. The summed E-state index contributed by atoms with van der Waals surface area (Å²) in [6.07, 6.45) is 0. The minimum atomic E-state index is -0.0249. The molecule has 7 heteroatoms. The minimum absolute atomic E-state index is 0.0249. The van der Waals surface area contributed by atoms with Gasteiger partial charge in [-0.2, -0.15) is 0 Å². The fourth-order valence-corrected chi connectivity index (χ4v) is 3.68. The first-order chi connectivity index (χ1) is 13.0. The Hall–Kier alpha value is -2.38. The Bertz CT molecular complexity index is 913. The van der Waals surface area contributed by atoms with E-state index in [-0.39, 0.29) is 17.3 Å². The molecule has 3 heterocycles. The van der Waals surface area contributed by atoms with Gasteiger partial charge in [0.05, 0.1) is 20.5 Å². The maximum atomic E-state index is 10.8. The molecule has 5 nitrogen and oxygen atoms in total. The normalized spacial score (nSPS) is 9.68. The third kappa shape index (κ3) is 7.70. The molecule has 0 unspecified atom stereocenters. The van der Waals surface area contributed by atoms with Gasteiger partial charge in [0.25, 0.3) is 0 Å². The lowest BCUT2D eigenvalue weighted by molar-refractivity contribution is 0.0983. The lowest BCUT2D eigenvalue weighted by Gasteiger charge is -1.85. The van der Waals surface area contributed by atoms with E-state index < -0.39 is 0 Å². The van der Waals surface area contributed by atoms with E-state index in [4.69, 9.17) is 4.42 Å². The number of rotatable bonds is 3. The number of aromatic nitrogens is 1. The van der Waals surface area contributed by atoms with E-state index >= 15 is 0 Å². The summed E-state index contributed by atoms with van der Waals surface area (Å²) in [7, 11) is 0. The van der Waals surface area contributed by atoms with Crippen LogP contribution in [0.2, 0.25) is 0 Å². The van der Waals surface area contributed by atoms with E-state index in [1.165, 1.54) is 23.1 Å². The first kappa shape index (κ1) is 23.7. The number of carbonyl (C=O) groups excluding carboxylic acids is 3. The summed E-state index contributed by atoms with van der Waals surface area (Å²) in [5.41, 5.74) is 0.856. The lowest BCUT2D eigenvalue weighted by Crippen LogP contribution is -1.89. The van der Waals surface area contributed by atoms with E-state index in [1.54, 1.807) is 37.3 Å². The van der Waals surface area contributed by atoms with Crippen LogP contribution in [0.25, 0.3) is 0 Å². The van der Waals surface area contributed by atoms with Gasteiger partial charge in [0, 0.05) is 18.7 Å². The Morgan fingerprint density at radius 2 is 1.46 bits per heavy atom. The van der Waals surface area contributed by atoms with Gasteiger partial charge in [-0.05, 0) is 58.9 Å². The summed E-state index contributed by atoms with van der Waals surface area (Å²) in [4.78, 5) is 39.1. The molecular weight excluding hydrogens is 394 g/mol. The number of nitrogens with zero attached hydrogens (tertiary/aromatic N) is 1. The third-order valence-electron chi connectivity index (χ3n) is 3.40. The van der Waals surface area contributed by atoms with E-state index in [0.29, 0.717) is 5.76 Å². The summed E-state index contributed by atoms with van der Waals surface area (Å²) in [5.74, 6) is 1.46. The van der Waals surface area contributed by atoms with Gasteiger partial charge >= 0.3 is 0 Å². The highest BCUT2D eigenvalue weighted by Gasteiger charge is 2.07. The molecule has 0 aliphatic heterocycles. The number of carbonyl (C=O) groups is 3. The minimum Gasteiger partial charge on any atom is -0.458 e. The van der Waals surface area contributed by atoms with Crippen LogP contribution in [0, 0.1) is 27.7 Å². The predicted octanol–water partition coefficient (Wildman–Crippen LogP) is 6.01. The number of hydrogen-bond donors (Lipinski definition) is 0. The van der Waals surface area contributed by atoms with Gasteiger partial charge < -0.3 is 4.42 Å². The maximum absolute atomic E-state index is 10.8. The second-order valence-corrected chi connectivity index (χ2v) is 8.63. The Labute approximate surface area is 173 Å². The average molecular weight is 420 g/mol. The van der Waals surface area contributed by atoms with Crippen molar-refractivity contribution >= 4 is 40.0 Å². The molecule has 0 bridgehead atoms. The van der Waals surface area contributed by atoms with Gasteiger partial charge in [-0.1, -0.05) is 0 Å². The molecule has 28 heavy (non-hydrogen) atoms. The van der Waals surface area contributed by atoms with Crippen molar-refractivity contribution in [3.8, 4) is 0 Å². The molecule has 0 aromatic carbocycles. The highest BCUT2D eigenvalue weighted by molar-refractivity contribution is 7.14. The van der Waals surface area contributed by atoms with Gasteiger partial charge in [0.1, 0.15) is 5.76 Å². The van der Waals surface area contributed by atoms with E-state index in [0.717, 1.165) is 26.2 Å². The Morgan fingerprint density at radius 3 is 1.68 bits per heavy atom. The van der Waals surface area contributed by atoms with E-state index in [9.17, 15) is 14.4 Å². The van der Waals surface area contributed by atoms with Gasteiger partial charge in [0.15, 0.2) is 23.1 Å². The molecule has 0 spiro atoms. The van der Waals surface area contributed by atoms with Crippen LogP contribution in [0.1, 0.15) is 72.0 Å². The zero-order chi connectivity index (χ0) is 21.4. The number of Topliss-reactive ketones (excluding diaryl/α,β-unsaturated/α-hetero) is 3. The highest BCUT2D eigenvalue weighted by Crippen LogP contribution is 2.17. The van der Waals surface area contributed by atoms with Crippen molar-refractivity contribution in [1.29, 1.82) is 0 Å². The van der Waals surface area contributed by atoms with Crippen molar-refractivity contribution in [2.24, 2.45) is 0 Å². The number of ketones is 3. The van der Waals surface area contributed by atoms with Crippen LogP contribution in [0.4, 0.5) is 0 Å². The van der Waals surface area contributed by atoms with Crippen LogP contribution in [-0.4, -0.2) is 22.3 Å². The number of thiophene rings is 1. The molecule has 0 N–H and O–H groups in total. The van der Waals surface area contributed by atoms with Gasteiger partial charge in [-0.3, -0.25) is 14.4 Å². The number of thiazole rings is 1. The summed E-state index contributed by atoms with van der Waals surface area (Å²) in [6.45, 7) is 12.2. The quantitative estimate of drug-likeness (QED) is 0.486. The molecule has 3 aromatic heterocycles. The number of furan rings is 1. The van der Waals surface area contributed by atoms with Crippen LogP contribution >= 0.6 is 22.7 Å². The molecule has 3 aromatic rings. The Balaban J connectivity index is 0.000000210. The number of hydrogen-bond acceptors (Lipinski definition) is 7. The van der Waals surface area contributed by atoms with Gasteiger partial charge in [-0.15, -0.1) is 22.7 Å². The standard InChI is InChI=1S/C7H9NOS.C7H8O2.C7H8OS/c1-4-7(5(2)9)10-6(3)8-4;2*1-5-3-4-7(9-5)6(2)8/h1-3H3;2*3-4H,1-2H3. The third-order valence-corrected chi connectivity index (χ3v) is 5.67. The largest absolute Gasteiger partial charge is 0.458 e. The molecule has 0 saturated carbocycles. The molecule has 0 radical (unpaired) electrons. The summed E-state index contributed by atoms with van der Waals surface area (Å²) >= 11 is 3.01. The fraction of sp³-hybridized carbons (Fsp3) is 0.333. The van der Waals surface area contributed by atoms with Crippen molar-refractivity contribution in [3.05, 3.63) is 61.1 Å². The van der Waals surface area contributed by atoms with E-state index in [2.05, 4.69) is 4.98 Å². The number of aryl methyl sites for hydroxylation is 4. The fourth-order valence-electron chi connectivity index (χ4n) is 2.11. The Morgan fingerprint density at radius 1 is 0.821 bits per heavy atom. The molecule has 0 amide bonds. The molecule has 150 valence electrons. The summed E-state index contributed by atoms with van der Waals surface area (Å²) in [5, 5.41) is 0.961. The van der Waals surface area contributed by atoms with Crippen molar-refractivity contribution in [2.75, 3.05) is 0 Å². The van der Waals surface area contributed by atoms with Crippen LogP contribution in [-0.2, 0) is 0 Å². The summed E-state index contributed by atoms with van der Waals surface area (Å²) < 4.78 is 5.00. The predicted molar refractivity (Wildman–Crippen MR) is 114 cm³/mol. The Kier molecular flexibility index (Phi) is 9.15. The molecule has 0 atom stereocenters. The second-order valence-electron chi connectivity index (χ2n) is 6.14. The maximum Gasteiger partial charge on any atom is 0.194 e. The molecular formula is C21H25NO4S2. The second kappa shape index (κ2) is 10.8. The SMILES string of the molecule is CC(=O)c1ccc(C)o1.CC(=O)c1ccc(C)s1.CC(=O)c1sc(C)nc1C. The monoisotopic (exact) mass is 419 g/mol.